The first-order valence-electron chi connectivity index (χ1n) is 6.87. The maximum absolute atomic E-state index is 11.8. The third kappa shape index (κ3) is 3.16. The van der Waals surface area contributed by atoms with Crippen molar-refractivity contribution in [3.05, 3.63) is 47.5 Å². The molecule has 0 aromatic carbocycles. The molecular formula is C15H16N4O2. The summed E-state index contributed by atoms with van der Waals surface area (Å²) in [6.07, 6.45) is 5.52. The van der Waals surface area contributed by atoms with Gasteiger partial charge in [-0.1, -0.05) is 0 Å². The Morgan fingerprint density at radius 1 is 1.33 bits per heavy atom. The molecule has 1 aliphatic carbocycles. The molecule has 2 heterocycles. The number of pyridine rings is 1. The predicted molar refractivity (Wildman–Crippen MR) is 76.9 cm³/mol. The maximum Gasteiger partial charge on any atom is 0.339 e. The lowest BCUT2D eigenvalue weighted by Crippen LogP contribution is -2.11. The summed E-state index contributed by atoms with van der Waals surface area (Å²) in [6.45, 7) is 0.519. The molecule has 21 heavy (non-hydrogen) atoms. The summed E-state index contributed by atoms with van der Waals surface area (Å²) in [5.74, 6) is 0.617. The zero-order valence-corrected chi connectivity index (χ0v) is 11.7. The van der Waals surface area contributed by atoms with E-state index in [0.29, 0.717) is 24.0 Å². The number of methoxy groups -OCH3 is 1. The zero-order valence-electron chi connectivity index (χ0n) is 11.7. The molecule has 0 unspecified atom stereocenters. The zero-order chi connectivity index (χ0) is 14.7. The summed E-state index contributed by atoms with van der Waals surface area (Å²) in [4.78, 5) is 24.6. The highest BCUT2D eigenvalue weighted by Crippen LogP contribution is 2.40. The van der Waals surface area contributed by atoms with Crippen LogP contribution in [0.4, 0.5) is 5.95 Å². The molecule has 0 saturated heterocycles. The highest BCUT2D eigenvalue weighted by atomic mass is 16.5. The fraction of sp³-hybridized carbons (Fsp3) is 0.333. The van der Waals surface area contributed by atoms with Crippen molar-refractivity contribution in [3.63, 3.8) is 0 Å². The van der Waals surface area contributed by atoms with Gasteiger partial charge in [0.15, 0.2) is 0 Å². The molecule has 0 bridgehead atoms. The van der Waals surface area contributed by atoms with Crippen LogP contribution < -0.4 is 5.32 Å². The fourth-order valence-electron chi connectivity index (χ4n) is 2.13. The lowest BCUT2D eigenvalue weighted by atomic mass is 10.1. The molecule has 6 nitrogen and oxygen atoms in total. The topological polar surface area (TPSA) is 77.0 Å². The monoisotopic (exact) mass is 284 g/mol. The van der Waals surface area contributed by atoms with Crippen molar-refractivity contribution in [2.45, 2.75) is 25.3 Å². The van der Waals surface area contributed by atoms with Gasteiger partial charge in [-0.25, -0.2) is 14.8 Å². The van der Waals surface area contributed by atoms with Crippen LogP contribution in [0.5, 0.6) is 0 Å². The largest absolute Gasteiger partial charge is 0.465 e. The van der Waals surface area contributed by atoms with Crippen LogP contribution in [-0.2, 0) is 11.3 Å². The smallest absolute Gasteiger partial charge is 0.339 e. The number of carbonyl (C=O) groups excluding carboxylic acids is 1. The van der Waals surface area contributed by atoms with Gasteiger partial charge >= 0.3 is 5.97 Å². The summed E-state index contributed by atoms with van der Waals surface area (Å²) in [6, 6.07) is 5.38. The van der Waals surface area contributed by atoms with Gasteiger partial charge in [0.2, 0.25) is 5.95 Å². The normalized spacial score (nSPS) is 13.8. The number of hydrogen-bond donors (Lipinski definition) is 1. The van der Waals surface area contributed by atoms with Gasteiger partial charge in [-0.15, -0.1) is 0 Å². The number of rotatable bonds is 5. The van der Waals surface area contributed by atoms with E-state index in [0.717, 1.165) is 24.2 Å². The summed E-state index contributed by atoms with van der Waals surface area (Å²) >= 11 is 0. The Balaban J connectivity index is 1.77. The van der Waals surface area contributed by atoms with E-state index in [1.165, 1.54) is 7.11 Å². The molecule has 0 atom stereocenters. The van der Waals surface area contributed by atoms with Crippen LogP contribution in [0.25, 0.3) is 0 Å². The molecule has 0 aliphatic heterocycles. The molecular weight excluding hydrogens is 268 g/mol. The number of nitrogens with zero attached hydrogens (tertiary/aromatic N) is 3. The number of hydrogen-bond acceptors (Lipinski definition) is 6. The van der Waals surface area contributed by atoms with E-state index >= 15 is 0 Å². The van der Waals surface area contributed by atoms with E-state index in [1.807, 2.05) is 6.07 Å². The summed E-state index contributed by atoms with van der Waals surface area (Å²) in [5.41, 5.74) is 2.27. The van der Waals surface area contributed by atoms with Crippen molar-refractivity contribution in [1.29, 1.82) is 0 Å². The van der Waals surface area contributed by atoms with Gasteiger partial charge in [-0.3, -0.25) is 4.98 Å². The minimum Gasteiger partial charge on any atom is -0.465 e. The summed E-state index contributed by atoms with van der Waals surface area (Å²) < 4.78 is 4.81. The molecule has 6 heteroatoms. The van der Waals surface area contributed by atoms with Crippen molar-refractivity contribution in [1.82, 2.24) is 15.0 Å². The first-order valence-corrected chi connectivity index (χ1v) is 6.87. The van der Waals surface area contributed by atoms with Crippen LogP contribution in [-0.4, -0.2) is 28.0 Å². The van der Waals surface area contributed by atoms with Gasteiger partial charge in [0.05, 0.1) is 30.6 Å². The standard InChI is InChI=1S/C15H16N4O2/c1-21-14(20)12-6-5-11(19-13(12)10-3-4-10)9-18-15-16-7-2-8-17-15/h2,5-8,10H,3-4,9H2,1H3,(H,16,17,18). The van der Waals surface area contributed by atoms with E-state index in [-0.39, 0.29) is 5.97 Å². The average Bonchev–Trinajstić information content (AvgIpc) is 3.38. The molecule has 0 amide bonds. The number of ether oxygens (including phenoxy) is 1. The third-order valence-electron chi connectivity index (χ3n) is 3.35. The Hall–Kier alpha value is -2.50. The second-order valence-electron chi connectivity index (χ2n) is 4.93. The Labute approximate surface area is 122 Å². The van der Waals surface area contributed by atoms with Gasteiger partial charge in [0, 0.05) is 18.3 Å². The Kier molecular flexibility index (Phi) is 3.77. The SMILES string of the molecule is COC(=O)c1ccc(CNc2ncccn2)nc1C1CC1. The van der Waals surface area contributed by atoms with Gasteiger partial charge in [0.25, 0.3) is 0 Å². The Morgan fingerprint density at radius 3 is 2.76 bits per heavy atom. The number of esters is 1. The third-order valence-corrected chi connectivity index (χ3v) is 3.35. The van der Waals surface area contributed by atoms with Gasteiger partial charge in [-0.05, 0) is 31.0 Å². The molecule has 1 saturated carbocycles. The van der Waals surface area contributed by atoms with Gasteiger partial charge < -0.3 is 10.1 Å². The first-order chi connectivity index (χ1) is 10.3. The number of aromatic nitrogens is 3. The minimum atomic E-state index is -0.324. The van der Waals surface area contributed by atoms with Gasteiger partial charge in [0.1, 0.15) is 0 Å². The Morgan fingerprint density at radius 2 is 2.10 bits per heavy atom. The predicted octanol–water partition coefficient (Wildman–Crippen LogP) is 2.15. The van der Waals surface area contributed by atoms with Crippen LogP contribution >= 0.6 is 0 Å². The number of nitrogens with one attached hydrogen (secondary N) is 1. The van der Waals surface area contributed by atoms with Crippen LogP contribution in [0, 0.1) is 0 Å². The molecule has 1 aliphatic rings. The van der Waals surface area contributed by atoms with Crippen LogP contribution in [0.15, 0.2) is 30.6 Å². The number of anilines is 1. The highest BCUT2D eigenvalue weighted by molar-refractivity contribution is 5.90. The molecule has 1 N–H and O–H groups in total. The van der Waals surface area contributed by atoms with Crippen molar-refractivity contribution in [2.24, 2.45) is 0 Å². The van der Waals surface area contributed by atoms with Crippen molar-refractivity contribution >= 4 is 11.9 Å². The van der Waals surface area contributed by atoms with Crippen LogP contribution in [0.1, 0.15) is 40.5 Å². The highest BCUT2D eigenvalue weighted by Gasteiger charge is 2.30. The molecule has 0 spiro atoms. The second kappa shape index (κ2) is 5.87. The summed E-state index contributed by atoms with van der Waals surface area (Å²) in [7, 11) is 1.39. The molecule has 3 rings (SSSR count). The quantitative estimate of drug-likeness (QED) is 0.848. The van der Waals surface area contributed by atoms with Crippen molar-refractivity contribution in [2.75, 3.05) is 12.4 Å². The minimum absolute atomic E-state index is 0.324. The maximum atomic E-state index is 11.8. The molecule has 0 radical (unpaired) electrons. The molecule has 2 aromatic heterocycles. The van der Waals surface area contributed by atoms with E-state index in [1.54, 1.807) is 24.5 Å². The number of carbonyl (C=O) groups is 1. The molecule has 2 aromatic rings. The molecule has 108 valence electrons. The van der Waals surface area contributed by atoms with E-state index in [9.17, 15) is 4.79 Å². The lowest BCUT2D eigenvalue weighted by molar-refractivity contribution is 0.0599. The van der Waals surface area contributed by atoms with Crippen LogP contribution in [0.3, 0.4) is 0 Å². The van der Waals surface area contributed by atoms with Crippen LogP contribution in [0.2, 0.25) is 0 Å². The van der Waals surface area contributed by atoms with E-state index in [2.05, 4.69) is 20.3 Å². The van der Waals surface area contributed by atoms with Crippen molar-refractivity contribution in [3.8, 4) is 0 Å². The summed E-state index contributed by atoms with van der Waals surface area (Å²) in [5, 5.41) is 3.11. The van der Waals surface area contributed by atoms with Gasteiger partial charge in [-0.2, -0.15) is 0 Å². The average molecular weight is 284 g/mol. The van der Waals surface area contributed by atoms with E-state index < -0.39 is 0 Å². The Bertz CT molecular complexity index is 641. The van der Waals surface area contributed by atoms with E-state index in [4.69, 9.17) is 4.74 Å². The van der Waals surface area contributed by atoms with Crippen molar-refractivity contribution < 1.29 is 9.53 Å². The molecule has 1 fully saturated rings. The second-order valence-corrected chi connectivity index (χ2v) is 4.93. The lowest BCUT2D eigenvalue weighted by Gasteiger charge is -2.09. The fourth-order valence-corrected chi connectivity index (χ4v) is 2.13. The first kappa shape index (κ1) is 13.5.